The van der Waals surface area contributed by atoms with Crippen molar-refractivity contribution in [2.45, 2.75) is 33.6 Å². The SMILES string of the molecule is CC(C)(C)C1=CC(CC(=O)C(=O)O)CC(n2nc3ccccc3n2)=C1. The minimum absolute atomic E-state index is 0.0208. The number of carboxylic acid groups (broad SMARTS) is 1. The van der Waals surface area contributed by atoms with E-state index < -0.39 is 11.8 Å². The molecule has 3 rings (SSSR count). The van der Waals surface area contributed by atoms with Crippen molar-refractivity contribution in [1.82, 2.24) is 15.0 Å². The summed E-state index contributed by atoms with van der Waals surface area (Å²) in [6.07, 6.45) is 4.56. The molecule has 1 aliphatic carbocycles. The first kappa shape index (κ1) is 17.1. The molecule has 1 aromatic carbocycles. The van der Waals surface area contributed by atoms with Gasteiger partial charge < -0.3 is 5.11 Å². The molecule has 1 aromatic heterocycles. The molecule has 1 aliphatic rings. The molecule has 0 spiro atoms. The van der Waals surface area contributed by atoms with Crippen LogP contribution in [-0.4, -0.2) is 31.9 Å². The Hall–Kier alpha value is -2.76. The molecule has 0 saturated carbocycles. The molecule has 1 N–H and O–H groups in total. The zero-order valence-corrected chi connectivity index (χ0v) is 14.6. The van der Waals surface area contributed by atoms with E-state index in [2.05, 4.69) is 31.0 Å². The molecule has 1 unspecified atom stereocenters. The maximum absolute atomic E-state index is 11.7. The van der Waals surface area contributed by atoms with E-state index in [1.807, 2.05) is 36.4 Å². The molecule has 1 atom stereocenters. The van der Waals surface area contributed by atoms with Crippen LogP contribution in [0.25, 0.3) is 16.7 Å². The van der Waals surface area contributed by atoms with Gasteiger partial charge in [-0.2, -0.15) is 4.80 Å². The number of aromatic nitrogens is 3. The molecule has 6 nitrogen and oxygen atoms in total. The summed E-state index contributed by atoms with van der Waals surface area (Å²) in [7, 11) is 0. The van der Waals surface area contributed by atoms with Crippen molar-refractivity contribution in [3.05, 3.63) is 42.0 Å². The van der Waals surface area contributed by atoms with Gasteiger partial charge in [0.1, 0.15) is 11.0 Å². The van der Waals surface area contributed by atoms with E-state index in [1.54, 1.807) is 4.80 Å². The number of allylic oxidation sites excluding steroid dienone is 4. The fourth-order valence-corrected chi connectivity index (χ4v) is 2.92. The lowest BCUT2D eigenvalue weighted by Gasteiger charge is -2.28. The fourth-order valence-electron chi connectivity index (χ4n) is 2.92. The molecule has 0 radical (unpaired) electrons. The van der Waals surface area contributed by atoms with Crippen LogP contribution in [0.4, 0.5) is 0 Å². The van der Waals surface area contributed by atoms with E-state index in [0.29, 0.717) is 6.42 Å². The Labute approximate surface area is 145 Å². The van der Waals surface area contributed by atoms with Crippen molar-refractivity contribution in [2.75, 3.05) is 0 Å². The van der Waals surface area contributed by atoms with Gasteiger partial charge in [0.25, 0.3) is 0 Å². The van der Waals surface area contributed by atoms with E-state index in [4.69, 9.17) is 5.11 Å². The van der Waals surface area contributed by atoms with Crippen molar-refractivity contribution < 1.29 is 14.7 Å². The van der Waals surface area contributed by atoms with Gasteiger partial charge in [-0.3, -0.25) is 4.79 Å². The molecule has 0 saturated heterocycles. The largest absolute Gasteiger partial charge is 0.476 e. The number of carbonyl (C=O) groups excluding carboxylic acids is 1. The maximum Gasteiger partial charge on any atom is 0.372 e. The lowest BCUT2D eigenvalue weighted by molar-refractivity contribution is -0.149. The van der Waals surface area contributed by atoms with Gasteiger partial charge in [0.15, 0.2) is 0 Å². The van der Waals surface area contributed by atoms with Gasteiger partial charge >= 0.3 is 5.97 Å². The van der Waals surface area contributed by atoms with E-state index >= 15 is 0 Å². The summed E-state index contributed by atoms with van der Waals surface area (Å²) in [6, 6.07) is 7.61. The third-order valence-corrected chi connectivity index (χ3v) is 4.30. The quantitative estimate of drug-likeness (QED) is 0.864. The number of carbonyl (C=O) groups is 2. The third-order valence-electron chi connectivity index (χ3n) is 4.30. The zero-order chi connectivity index (χ0) is 18.2. The van der Waals surface area contributed by atoms with Gasteiger partial charge in [-0.1, -0.05) is 39.0 Å². The molecule has 6 heteroatoms. The van der Waals surface area contributed by atoms with Crippen molar-refractivity contribution in [3.8, 4) is 0 Å². The molecule has 0 amide bonds. The van der Waals surface area contributed by atoms with E-state index in [-0.39, 0.29) is 17.8 Å². The summed E-state index contributed by atoms with van der Waals surface area (Å²) in [4.78, 5) is 24.2. The van der Waals surface area contributed by atoms with Gasteiger partial charge in [0, 0.05) is 6.42 Å². The second-order valence-corrected chi connectivity index (χ2v) is 7.38. The average molecular weight is 339 g/mol. The van der Waals surface area contributed by atoms with Crippen LogP contribution in [-0.2, 0) is 9.59 Å². The highest BCUT2D eigenvalue weighted by molar-refractivity contribution is 6.32. The Morgan fingerprint density at radius 1 is 1.20 bits per heavy atom. The average Bonchev–Trinajstić information content (AvgIpc) is 2.97. The van der Waals surface area contributed by atoms with Gasteiger partial charge in [-0.05, 0) is 41.5 Å². The lowest BCUT2D eigenvalue weighted by atomic mass is 9.79. The predicted octanol–water partition coefficient (Wildman–Crippen LogP) is 3.31. The number of hydrogen-bond acceptors (Lipinski definition) is 4. The Bertz CT molecular complexity index is 867. The van der Waals surface area contributed by atoms with Crippen molar-refractivity contribution in [1.29, 1.82) is 0 Å². The monoisotopic (exact) mass is 339 g/mol. The first-order valence-corrected chi connectivity index (χ1v) is 8.25. The third kappa shape index (κ3) is 3.68. The molecule has 0 aliphatic heterocycles. The first-order valence-electron chi connectivity index (χ1n) is 8.25. The van der Waals surface area contributed by atoms with Gasteiger partial charge in [-0.25, -0.2) is 4.79 Å². The molecule has 2 aromatic rings. The highest BCUT2D eigenvalue weighted by Crippen LogP contribution is 2.36. The Morgan fingerprint density at radius 2 is 1.80 bits per heavy atom. The van der Waals surface area contributed by atoms with Crippen LogP contribution in [0.15, 0.2) is 42.0 Å². The lowest BCUT2D eigenvalue weighted by Crippen LogP contribution is -2.21. The van der Waals surface area contributed by atoms with Crippen LogP contribution in [0.3, 0.4) is 0 Å². The van der Waals surface area contributed by atoms with Crippen LogP contribution >= 0.6 is 0 Å². The predicted molar refractivity (Wildman–Crippen MR) is 94.7 cm³/mol. The van der Waals surface area contributed by atoms with Crippen molar-refractivity contribution in [2.24, 2.45) is 11.3 Å². The second kappa shape index (κ2) is 6.27. The maximum atomic E-state index is 11.7. The van der Waals surface area contributed by atoms with Crippen LogP contribution in [0, 0.1) is 11.3 Å². The van der Waals surface area contributed by atoms with E-state index in [0.717, 1.165) is 22.3 Å². The molecule has 25 heavy (non-hydrogen) atoms. The number of Topliss-reactive ketones (excluding diaryl/α,β-unsaturated/α-hetero) is 1. The molecule has 130 valence electrons. The number of benzene rings is 1. The van der Waals surface area contributed by atoms with Crippen molar-refractivity contribution >= 4 is 28.5 Å². The summed E-state index contributed by atoms with van der Waals surface area (Å²) in [5.74, 6) is -2.33. The van der Waals surface area contributed by atoms with Crippen LogP contribution in [0.1, 0.15) is 33.6 Å². The number of carboxylic acids is 1. The summed E-state index contributed by atoms with van der Waals surface area (Å²) >= 11 is 0. The van der Waals surface area contributed by atoms with Crippen LogP contribution < -0.4 is 0 Å². The van der Waals surface area contributed by atoms with Gasteiger partial charge in [0.05, 0.1) is 5.70 Å². The van der Waals surface area contributed by atoms with Crippen LogP contribution in [0.5, 0.6) is 0 Å². The zero-order valence-electron chi connectivity index (χ0n) is 14.6. The minimum Gasteiger partial charge on any atom is -0.476 e. The Balaban J connectivity index is 1.97. The van der Waals surface area contributed by atoms with Gasteiger partial charge in [-0.15, -0.1) is 10.2 Å². The highest BCUT2D eigenvalue weighted by Gasteiger charge is 2.27. The van der Waals surface area contributed by atoms with E-state index in [9.17, 15) is 9.59 Å². The normalized spacial score (nSPS) is 18.0. The number of nitrogens with zero attached hydrogens (tertiary/aromatic N) is 3. The summed E-state index contributed by atoms with van der Waals surface area (Å²) in [6.45, 7) is 6.25. The Kier molecular flexibility index (Phi) is 4.29. The van der Waals surface area contributed by atoms with Crippen molar-refractivity contribution in [3.63, 3.8) is 0 Å². The molecule has 1 heterocycles. The molecule has 0 fully saturated rings. The first-order chi connectivity index (χ1) is 11.7. The smallest absolute Gasteiger partial charge is 0.372 e. The number of hydrogen-bond donors (Lipinski definition) is 1. The highest BCUT2D eigenvalue weighted by atomic mass is 16.4. The molecule has 0 bridgehead atoms. The molecular weight excluding hydrogens is 318 g/mol. The topological polar surface area (TPSA) is 85.1 Å². The summed E-state index contributed by atoms with van der Waals surface area (Å²) in [5.41, 5.74) is 3.40. The standard InChI is InChI=1S/C19H21N3O3/c1-19(2,3)13-8-12(10-17(23)18(24)25)9-14(11-13)22-20-15-6-4-5-7-16(15)21-22/h4-8,11-12H,9-10H2,1-3H3,(H,24,25). The minimum atomic E-state index is -1.38. The second-order valence-electron chi connectivity index (χ2n) is 7.38. The summed E-state index contributed by atoms with van der Waals surface area (Å²) < 4.78 is 0. The fraction of sp³-hybridized carbons (Fsp3) is 0.368. The van der Waals surface area contributed by atoms with Gasteiger partial charge in [0.2, 0.25) is 5.78 Å². The van der Waals surface area contributed by atoms with Crippen LogP contribution in [0.2, 0.25) is 0 Å². The number of fused-ring (bicyclic) bond motifs is 1. The summed E-state index contributed by atoms with van der Waals surface area (Å²) in [5, 5.41) is 17.9. The Morgan fingerprint density at radius 3 is 2.32 bits per heavy atom. The number of ketones is 1. The number of rotatable bonds is 4. The number of aliphatic carboxylic acids is 1. The van der Waals surface area contributed by atoms with E-state index in [1.165, 1.54) is 0 Å². The molecular formula is C19H21N3O3.